The van der Waals surface area contributed by atoms with Crippen LogP contribution in [-0.2, 0) is 0 Å². The van der Waals surface area contributed by atoms with Crippen LogP contribution in [0.1, 0.15) is 51.9 Å². The van der Waals surface area contributed by atoms with Crippen LogP contribution in [0, 0.1) is 5.92 Å². The van der Waals surface area contributed by atoms with Crippen LogP contribution in [0.25, 0.3) is 0 Å². The van der Waals surface area contributed by atoms with Gasteiger partial charge in [0.1, 0.15) is 0 Å². The molecule has 0 aromatic heterocycles. The topological polar surface area (TPSA) is 23.5 Å². The van der Waals surface area contributed by atoms with Crippen molar-refractivity contribution in [2.24, 2.45) is 5.92 Å². The van der Waals surface area contributed by atoms with Gasteiger partial charge in [-0.1, -0.05) is 26.2 Å². The molecule has 1 heterocycles. The largest absolute Gasteiger partial charge is 0.396 e. The lowest BCUT2D eigenvalue weighted by atomic mass is 9.96. The normalized spacial score (nSPS) is 20.4. The average molecular weight is 213 g/mol. The molecule has 90 valence electrons. The molecule has 1 aliphatic heterocycles. The minimum Gasteiger partial charge on any atom is -0.396 e. The summed E-state index contributed by atoms with van der Waals surface area (Å²) >= 11 is 0. The summed E-state index contributed by atoms with van der Waals surface area (Å²) in [4.78, 5) is 2.60. The van der Waals surface area contributed by atoms with Gasteiger partial charge in [0.15, 0.2) is 0 Å². The Bertz CT molecular complexity index is 137. The standard InChI is InChI=1S/C13H27NO/c1-2-6-13(8-12-15)7-11-14-9-4-3-5-10-14/h13,15H,2-12H2,1H3. The fourth-order valence-electron chi connectivity index (χ4n) is 2.57. The van der Waals surface area contributed by atoms with Crippen molar-refractivity contribution >= 4 is 0 Å². The Morgan fingerprint density at radius 1 is 1.07 bits per heavy atom. The maximum Gasteiger partial charge on any atom is 0.0433 e. The lowest BCUT2D eigenvalue weighted by Gasteiger charge is -2.28. The van der Waals surface area contributed by atoms with Gasteiger partial charge in [-0.05, 0) is 51.2 Å². The zero-order valence-corrected chi connectivity index (χ0v) is 10.2. The second-order valence-electron chi connectivity index (χ2n) is 4.86. The lowest BCUT2D eigenvalue weighted by Crippen LogP contribution is -2.31. The van der Waals surface area contributed by atoms with E-state index in [2.05, 4.69) is 11.8 Å². The number of hydrogen-bond donors (Lipinski definition) is 1. The van der Waals surface area contributed by atoms with E-state index in [4.69, 9.17) is 5.11 Å². The molecule has 1 atom stereocenters. The first-order valence-corrected chi connectivity index (χ1v) is 6.70. The summed E-state index contributed by atoms with van der Waals surface area (Å²) in [6.07, 6.45) is 9.03. The van der Waals surface area contributed by atoms with Crippen LogP contribution in [0.15, 0.2) is 0 Å². The zero-order chi connectivity index (χ0) is 10.9. The van der Waals surface area contributed by atoms with Crippen LogP contribution in [-0.4, -0.2) is 36.2 Å². The molecule has 1 rings (SSSR count). The van der Waals surface area contributed by atoms with Gasteiger partial charge in [-0.25, -0.2) is 0 Å². The Kier molecular flexibility index (Phi) is 7.03. The zero-order valence-electron chi connectivity index (χ0n) is 10.2. The predicted molar refractivity (Wildman–Crippen MR) is 65.0 cm³/mol. The molecule has 1 saturated heterocycles. The molecule has 0 bridgehead atoms. The molecule has 0 aliphatic carbocycles. The van der Waals surface area contributed by atoms with E-state index in [-0.39, 0.29) is 0 Å². The SMILES string of the molecule is CCCC(CCO)CCN1CCCCC1. The van der Waals surface area contributed by atoms with Crippen LogP contribution < -0.4 is 0 Å². The monoisotopic (exact) mass is 213 g/mol. The van der Waals surface area contributed by atoms with Gasteiger partial charge in [-0.15, -0.1) is 0 Å². The van der Waals surface area contributed by atoms with Gasteiger partial charge >= 0.3 is 0 Å². The van der Waals surface area contributed by atoms with E-state index < -0.39 is 0 Å². The highest BCUT2D eigenvalue weighted by molar-refractivity contribution is 4.67. The van der Waals surface area contributed by atoms with Crippen LogP contribution >= 0.6 is 0 Å². The lowest BCUT2D eigenvalue weighted by molar-refractivity contribution is 0.193. The summed E-state index contributed by atoms with van der Waals surface area (Å²) in [7, 11) is 0. The summed E-state index contributed by atoms with van der Waals surface area (Å²) in [6, 6.07) is 0. The minimum atomic E-state index is 0.366. The molecule has 0 saturated carbocycles. The number of piperidine rings is 1. The molecule has 0 aromatic carbocycles. The van der Waals surface area contributed by atoms with Crippen LogP contribution in [0.4, 0.5) is 0 Å². The molecule has 15 heavy (non-hydrogen) atoms. The van der Waals surface area contributed by atoms with Gasteiger partial charge < -0.3 is 10.0 Å². The van der Waals surface area contributed by atoms with E-state index in [1.165, 1.54) is 58.2 Å². The maximum atomic E-state index is 8.99. The average Bonchev–Trinajstić information content (AvgIpc) is 2.28. The molecule has 0 spiro atoms. The molecule has 1 fully saturated rings. The third-order valence-electron chi connectivity index (χ3n) is 3.54. The Labute approximate surface area is 94.7 Å². The second kappa shape index (κ2) is 8.12. The molecule has 0 radical (unpaired) electrons. The van der Waals surface area contributed by atoms with Crippen molar-refractivity contribution in [2.75, 3.05) is 26.2 Å². The maximum absolute atomic E-state index is 8.99. The first kappa shape index (κ1) is 13.0. The van der Waals surface area contributed by atoms with Crippen molar-refractivity contribution in [3.63, 3.8) is 0 Å². The molecule has 1 N–H and O–H groups in total. The van der Waals surface area contributed by atoms with Crippen molar-refractivity contribution in [1.82, 2.24) is 4.90 Å². The second-order valence-corrected chi connectivity index (χ2v) is 4.86. The molecule has 2 heteroatoms. The van der Waals surface area contributed by atoms with E-state index in [1.54, 1.807) is 0 Å². The first-order valence-electron chi connectivity index (χ1n) is 6.70. The van der Waals surface area contributed by atoms with Gasteiger partial charge in [0.05, 0.1) is 0 Å². The van der Waals surface area contributed by atoms with Crippen LogP contribution in [0.3, 0.4) is 0 Å². The fourth-order valence-corrected chi connectivity index (χ4v) is 2.57. The highest BCUT2D eigenvalue weighted by Crippen LogP contribution is 2.17. The van der Waals surface area contributed by atoms with Crippen LogP contribution in [0.5, 0.6) is 0 Å². The summed E-state index contributed by atoms with van der Waals surface area (Å²) in [5.74, 6) is 0.752. The van der Waals surface area contributed by atoms with Gasteiger partial charge in [0, 0.05) is 6.61 Å². The number of aliphatic hydroxyl groups is 1. The third kappa shape index (κ3) is 5.53. The van der Waals surface area contributed by atoms with Crippen molar-refractivity contribution in [3.8, 4) is 0 Å². The first-order chi connectivity index (χ1) is 7.36. The van der Waals surface area contributed by atoms with E-state index >= 15 is 0 Å². The highest BCUT2D eigenvalue weighted by Gasteiger charge is 2.13. The van der Waals surface area contributed by atoms with Crippen molar-refractivity contribution < 1.29 is 5.11 Å². The Balaban J connectivity index is 2.13. The summed E-state index contributed by atoms with van der Waals surface area (Å²) in [5.41, 5.74) is 0. The van der Waals surface area contributed by atoms with Gasteiger partial charge in [0.25, 0.3) is 0 Å². The minimum absolute atomic E-state index is 0.366. The molecular formula is C13H27NO. The number of nitrogens with zero attached hydrogens (tertiary/aromatic N) is 1. The van der Waals surface area contributed by atoms with E-state index in [0.29, 0.717) is 6.61 Å². The van der Waals surface area contributed by atoms with Gasteiger partial charge in [0.2, 0.25) is 0 Å². The molecule has 2 nitrogen and oxygen atoms in total. The predicted octanol–water partition coefficient (Wildman–Crippen LogP) is 2.66. The molecular weight excluding hydrogens is 186 g/mol. The summed E-state index contributed by atoms with van der Waals surface area (Å²) < 4.78 is 0. The smallest absolute Gasteiger partial charge is 0.0433 e. The van der Waals surface area contributed by atoms with E-state index in [1.807, 2.05) is 0 Å². The number of aliphatic hydroxyl groups excluding tert-OH is 1. The number of hydrogen-bond acceptors (Lipinski definition) is 2. The van der Waals surface area contributed by atoms with Crippen LogP contribution in [0.2, 0.25) is 0 Å². The molecule has 1 unspecified atom stereocenters. The molecule has 0 amide bonds. The quantitative estimate of drug-likeness (QED) is 0.703. The van der Waals surface area contributed by atoms with Crippen molar-refractivity contribution in [3.05, 3.63) is 0 Å². The Morgan fingerprint density at radius 3 is 2.40 bits per heavy atom. The molecule has 0 aromatic rings. The Morgan fingerprint density at radius 2 is 1.80 bits per heavy atom. The molecule has 1 aliphatic rings. The highest BCUT2D eigenvalue weighted by atomic mass is 16.3. The fraction of sp³-hybridized carbons (Fsp3) is 1.00. The van der Waals surface area contributed by atoms with E-state index in [9.17, 15) is 0 Å². The summed E-state index contributed by atoms with van der Waals surface area (Å²) in [5, 5.41) is 8.99. The summed E-state index contributed by atoms with van der Waals surface area (Å²) in [6.45, 7) is 6.47. The Hall–Kier alpha value is -0.0800. The third-order valence-corrected chi connectivity index (χ3v) is 3.54. The van der Waals surface area contributed by atoms with E-state index in [0.717, 1.165) is 12.3 Å². The van der Waals surface area contributed by atoms with Gasteiger partial charge in [-0.3, -0.25) is 0 Å². The van der Waals surface area contributed by atoms with Crippen molar-refractivity contribution in [1.29, 1.82) is 0 Å². The number of rotatable bonds is 7. The van der Waals surface area contributed by atoms with Gasteiger partial charge in [-0.2, -0.15) is 0 Å². The van der Waals surface area contributed by atoms with Crippen molar-refractivity contribution in [2.45, 2.75) is 51.9 Å². The number of likely N-dealkylation sites (tertiary alicyclic amines) is 1.